The van der Waals surface area contributed by atoms with Crippen LogP contribution in [0.3, 0.4) is 0 Å². The molecule has 0 spiro atoms. The summed E-state index contributed by atoms with van der Waals surface area (Å²) < 4.78 is 102. The monoisotopic (exact) mass is 864 g/mol. The van der Waals surface area contributed by atoms with E-state index in [1.165, 1.54) is 0 Å². The van der Waals surface area contributed by atoms with Gasteiger partial charge in [0.1, 0.15) is 35.6 Å². The molecule has 4 aromatic rings. The van der Waals surface area contributed by atoms with Gasteiger partial charge in [0.15, 0.2) is 12.1 Å². The lowest BCUT2D eigenvalue weighted by molar-refractivity contribution is -0.306. The highest BCUT2D eigenvalue weighted by molar-refractivity contribution is 7.80. The molecule has 61 heavy (non-hydrogen) atoms. The number of benzene rings is 4. The summed E-state index contributed by atoms with van der Waals surface area (Å²) in [5, 5.41) is 0. The Hall–Kier alpha value is -4.13. The van der Waals surface area contributed by atoms with Crippen LogP contribution in [-0.2, 0) is 67.6 Å². The molecule has 0 radical (unpaired) electrons. The van der Waals surface area contributed by atoms with Gasteiger partial charge in [-0.05, 0) is 85.7 Å². The van der Waals surface area contributed by atoms with E-state index in [4.69, 9.17) is 51.6 Å². The smallest absolute Gasteiger partial charge is 0.397 e. The second-order valence-corrected chi connectivity index (χ2v) is 17.0. The van der Waals surface area contributed by atoms with E-state index in [2.05, 4.69) is 0 Å². The Kier molecular flexibility index (Phi) is 15.0. The predicted molar refractivity (Wildman–Crippen MR) is 222 cm³/mol. The average Bonchev–Trinajstić information content (AvgIpc) is 3.80. The van der Waals surface area contributed by atoms with Crippen molar-refractivity contribution in [1.29, 1.82) is 0 Å². The lowest BCUT2D eigenvalue weighted by Crippen LogP contribution is -2.55. The summed E-state index contributed by atoms with van der Waals surface area (Å²) in [7, 11) is -0.123. The van der Waals surface area contributed by atoms with Crippen LogP contribution in [0, 0.1) is 11.8 Å². The Balaban J connectivity index is 1.21. The Morgan fingerprint density at radius 1 is 0.705 bits per heavy atom. The first-order valence-corrected chi connectivity index (χ1v) is 21.8. The van der Waals surface area contributed by atoms with E-state index >= 15 is 0 Å². The van der Waals surface area contributed by atoms with E-state index in [9.17, 15) is 13.0 Å². The Labute approximate surface area is 358 Å². The van der Waals surface area contributed by atoms with Crippen molar-refractivity contribution in [3.05, 3.63) is 125 Å². The van der Waals surface area contributed by atoms with Crippen LogP contribution in [0.2, 0.25) is 0 Å². The molecular weight excluding hydrogens is 809 g/mol. The van der Waals surface area contributed by atoms with Crippen LogP contribution in [-0.4, -0.2) is 89.9 Å². The van der Waals surface area contributed by atoms with Gasteiger partial charge in [0.2, 0.25) is 0 Å². The third-order valence-electron chi connectivity index (χ3n) is 11.4. The van der Waals surface area contributed by atoms with E-state index in [0.717, 1.165) is 33.9 Å². The summed E-state index contributed by atoms with van der Waals surface area (Å²) in [6, 6.07) is 32.4. The molecule has 2 heterocycles. The zero-order chi connectivity index (χ0) is 43.0. The Morgan fingerprint density at radius 2 is 1.26 bits per heavy atom. The van der Waals surface area contributed by atoms with Gasteiger partial charge in [-0.15, -0.1) is 0 Å². The van der Waals surface area contributed by atoms with Gasteiger partial charge < -0.3 is 47.4 Å². The maximum atomic E-state index is 12.6. The Bertz CT molecular complexity index is 2060. The lowest BCUT2D eigenvalue weighted by Gasteiger charge is -2.44. The molecule has 1 N–H and O–H groups in total. The molecule has 15 heteroatoms. The molecule has 14 nitrogen and oxygen atoms in total. The van der Waals surface area contributed by atoms with E-state index in [0.29, 0.717) is 25.2 Å². The van der Waals surface area contributed by atoms with Crippen LogP contribution in [0.5, 0.6) is 17.2 Å². The molecule has 2 unspecified atom stereocenters. The van der Waals surface area contributed by atoms with Crippen molar-refractivity contribution in [3.63, 3.8) is 0 Å². The first-order chi connectivity index (χ1) is 29.4. The fourth-order valence-corrected chi connectivity index (χ4v) is 8.82. The highest BCUT2D eigenvalue weighted by Gasteiger charge is 2.53. The average molecular weight is 865 g/mol. The first-order valence-electron chi connectivity index (χ1n) is 20.4. The number of hydrogen-bond acceptors (Lipinski definition) is 13. The van der Waals surface area contributed by atoms with Crippen LogP contribution in [0.4, 0.5) is 0 Å². The van der Waals surface area contributed by atoms with Crippen molar-refractivity contribution < 1.29 is 64.5 Å². The molecule has 330 valence electrons. The van der Waals surface area contributed by atoms with Gasteiger partial charge >= 0.3 is 10.4 Å². The number of methoxy groups -OCH3 is 3. The lowest BCUT2D eigenvalue weighted by atomic mass is 9.86. The highest BCUT2D eigenvalue weighted by atomic mass is 32.3. The molecule has 7 rings (SSSR count). The van der Waals surface area contributed by atoms with Crippen molar-refractivity contribution in [1.82, 2.24) is 0 Å². The third-order valence-corrected chi connectivity index (χ3v) is 11.9. The van der Waals surface area contributed by atoms with Gasteiger partial charge in [-0.3, -0.25) is 4.55 Å². The van der Waals surface area contributed by atoms with Crippen molar-refractivity contribution in [2.45, 2.75) is 95.2 Å². The van der Waals surface area contributed by atoms with E-state index in [1.807, 2.05) is 103 Å². The Morgan fingerprint density at radius 3 is 1.79 bits per heavy atom. The van der Waals surface area contributed by atoms with Crippen LogP contribution in [0.1, 0.15) is 55.2 Å². The van der Waals surface area contributed by atoms with Gasteiger partial charge in [0.05, 0.1) is 72.7 Å². The van der Waals surface area contributed by atoms with Gasteiger partial charge in [-0.1, -0.05) is 66.7 Å². The fourth-order valence-electron chi connectivity index (χ4n) is 8.31. The first kappa shape index (κ1) is 44.9. The summed E-state index contributed by atoms with van der Waals surface area (Å²) in [6.07, 6.45) is -5.00. The summed E-state index contributed by atoms with van der Waals surface area (Å²) in [5.41, 5.74) is 3.58. The molecular formula is C46H56O14S. The van der Waals surface area contributed by atoms with Crippen molar-refractivity contribution >= 4 is 10.4 Å². The minimum absolute atomic E-state index is 0.102. The van der Waals surface area contributed by atoms with Gasteiger partial charge in [0, 0.05) is 11.5 Å². The summed E-state index contributed by atoms with van der Waals surface area (Å²) in [4.78, 5) is 0. The van der Waals surface area contributed by atoms with Crippen molar-refractivity contribution in [2.75, 3.05) is 34.5 Å². The molecule has 9 atom stereocenters. The normalized spacial score (nSPS) is 27.5. The van der Waals surface area contributed by atoms with Gasteiger partial charge in [-0.25, -0.2) is 4.18 Å². The zero-order valence-electron chi connectivity index (χ0n) is 35.1. The topological polar surface area (TPSA) is 156 Å². The molecule has 1 aliphatic carbocycles. The SMILES string of the molecule is COc1ccc(COC[C@@H]2C(C[C@@H]3OC(c4ccccc4)O[C@H]([C@H]4COC(C)(C)O4)[C@@H]3OS(=O)(=O)O)C[C@H](OCc3ccc(OC)cc3)[C@H]2OCc2ccc(OC)cc2)cc1. The molecule has 3 fully saturated rings. The third kappa shape index (κ3) is 12.1. The minimum Gasteiger partial charge on any atom is -0.497 e. The number of ether oxygens (including phenoxy) is 10. The van der Waals surface area contributed by atoms with Crippen LogP contribution in [0.15, 0.2) is 103 Å². The number of rotatable bonds is 19. The molecule has 0 aromatic heterocycles. The summed E-state index contributed by atoms with van der Waals surface area (Å²) in [5.74, 6) is 0.761. The van der Waals surface area contributed by atoms with Crippen molar-refractivity contribution in [3.8, 4) is 17.2 Å². The van der Waals surface area contributed by atoms with Crippen LogP contribution in [0.25, 0.3) is 0 Å². The summed E-state index contributed by atoms with van der Waals surface area (Å²) in [6.45, 7) is 4.83. The highest BCUT2D eigenvalue weighted by Crippen LogP contribution is 2.45. The standard InChI is InChI=1S/C46H56O14S/c1-46(2)56-29-41(59-46)43-44(60-61(47,48)49)40(57-45(58-43)33-9-7-6-8-10-33)24-34-23-39(54-26-31-13-19-36(51-4)20-14-31)42(55-27-32-15-21-37(52-5)22-16-32)38(34)28-53-25-30-11-17-35(50-3)18-12-30/h6-22,34,38-45H,23-29H2,1-5H3,(H,47,48,49)/t34?,38-,39+,40+,41-,42+,43-,44-,45?/m1/s1. The number of hydrogen-bond donors (Lipinski definition) is 1. The molecule has 1 saturated carbocycles. The van der Waals surface area contributed by atoms with Gasteiger partial charge in [0.25, 0.3) is 0 Å². The second-order valence-electron chi connectivity index (χ2n) is 16.0. The molecule has 2 aliphatic heterocycles. The largest absolute Gasteiger partial charge is 0.497 e. The van der Waals surface area contributed by atoms with E-state index < -0.39 is 59.1 Å². The predicted octanol–water partition coefficient (Wildman–Crippen LogP) is 7.25. The quantitative estimate of drug-likeness (QED) is 0.0941. The van der Waals surface area contributed by atoms with Crippen LogP contribution < -0.4 is 14.2 Å². The van der Waals surface area contributed by atoms with Crippen molar-refractivity contribution in [2.24, 2.45) is 11.8 Å². The second kappa shape index (κ2) is 20.4. The van der Waals surface area contributed by atoms with E-state index in [1.54, 1.807) is 35.2 Å². The summed E-state index contributed by atoms with van der Waals surface area (Å²) >= 11 is 0. The zero-order valence-corrected chi connectivity index (χ0v) is 35.9. The van der Waals surface area contributed by atoms with Crippen LogP contribution >= 0.6 is 0 Å². The maximum Gasteiger partial charge on any atom is 0.397 e. The molecule has 0 amide bonds. The molecule has 4 aromatic carbocycles. The molecule has 2 saturated heterocycles. The minimum atomic E-state index is -4.99. The molecule has 3 aliphatic rings. The van der Waals surface area contributed by atoms with E-state index in [-0.39, 0.29) is 38.1 Å². The maximum absolute atomic E-state index is 12.6. The fraction of sp³-hybridized carbons (Fsp3) is 0.478. The molecule has 0 bridgehead atoms. The van der Waals surface area contributed by atoms with Gasteiger partial charge in [-0.2, -0.15) is 8.42 Å².